The van der Waals surface area contributed by atoms with Crippen molar-refractivity contribution in [2.75, 3.05) is 13.6 Å². The Balaban J connectivity index is 2.75. The van der Waals surface area contributed by atoms with Gasteiger partial charge in [-0.15, -0.1) is 0 Å². The maximum absolute atomic E-state index is 12.2. The lowest BCUT2D eigenvalue weighted by Gasteiger charge is -2.28. The van der Waals surface area contributed by atoms with Crippen molar-refractivity contribution in [3.05, 3.63) is 35.4 Å². The number of rotatable bonds is 3. The standard InChI is InChI=1S/C15H24N2O/c1-11-6-8-12(9-7-11)13(16)14(18)17(5)10-15(2,3)4/h6-9,13H,10,16H2,1-5H3. The highest BCUT2D eigenvalue weighted by atomic mass is 16.2. The Kier molecular flexibility index (Phi) is 4.52. The molecule has 2 N–H and O–H groups in total. The van der Waals surface area contributed by atoms with E-state index < -0.39 is 6.04 Å². The maximum atomic E-state index is 12.2. The monoisotopic (exact) mass is 248 g/mol. The van der Waals surface area contributed by atoms with Gasteiger partial charge in [0, 0.05) is 13.6 Å². The van der Waals surface area contributed by atoms with Crippen molar-refractivity contribution in [2.24, 2.45) is 11.1 Å². The Morgan fingerprint density at radius 3 is 2.22 bits per heavy atom. The highest BCUT2D eigenvalue weighted by Crippen LogP contribution is 2.18. The molecule has 0 radical (unpaired) electrons. The van der Waals surface area contributed by atoms with Crippen LogP contribution in [-0.2, 0) is 4.79 Å². The molecule has 100 valence electrons. The summed E-state index contributed by atoms with van der Waals surface area (Å²) in [6.07, 6.45) is 0. The number of benzene rings is 1. The molecule has 0 aliphatic rings. The van der Waals surface area contributed by atoms with Gasteiger partial charge in [-0.3, -0.25) is 4.79 Å². The van der Waals surface area contributed by atoms with Crippen LogP contribution in [0, 0.1) is 12.3 Å². The maximum Gasteiger partial charge on any atom is 0.243 e. The number of hydrogen-bond donors (Lipinski definition) is 1. The van der Waals surface area contributed by atoms with Crippen molar-refractivity contribution >= 4 is 5.91 Å². The van der Waals surface area contributed by atoms with E-state index in [0.29, 0.717) is 6.54 Å². The van der Waals surface area contributed by atoms with Crippen molar-refractivity contribution in [1.82, 2.24) is 4.90 Å². The van der Waals surface area contributed by atoms with E-state index in [1.807, 2.05) is 38.2 Å². The third-order valence-electron chi connectivity index (χ3n) is 2.79. The second kappa shape index (κ2) is 5.53. The third-order valence-corrected chi connectivity index (χ3v) is 2.79. The molecule has 0 bridgehead atoms. The molecule has 3 heteroatoms. The first-order valence-electron chi connectivity index (χ1n) is 6.28. The van der Waals surface area contributed by atoms with Crippen LogP contribution in [0.2, 0.25) is 0 Å². The van der Waals surface area contributed by atoms with Crippen LogP contribution in [0.3, 0.4) is 0 Å². The van der Waals surface area contributed by atoms with E-state index in [1.165, 1.54) is 5.56 Å². The van der Waals surface area contributed by atoms with Crippen molar-refractivity contribution in [3.63, 3.8) is 0 Å². The zero-order valence-corrected chi connectivity index (χ0v) is 12.0. The molecular weight excluding hydrogens is 224 g/mol. The molecule has 18 heavy (non-hydrogen) atoms. The average Bonchev–Trinajstić information content (AvgIpc) is 2.26. The number of aryl methyl sites for hydroxylation is 1. The van der Waals surface area contributed by atoms with E-state index in [4.69, 9.17) is 5.73 Å². The summed E-state index contributed by atoms with van der Waals surface area (Å²) >= 11 is 0. The molecule has 1 unspecified atom stereocenters. The summed E-state index contributed by atoms with van der Waals surface area (Å²) in [5, 5.41) is 0. The van der Waals surface area contributed by atoms with Gasteiger partial charge >= 0.3 is 0 Å². The normalized spacial score (nSPS) is 13.2. The van der Waals surface area contributed by atoms with E-state index in [-0.39, 0.29) is 11.3 Å². The number of carbonyl (C=O) groups is 1. The lowest BCUT2D eigenvalue weighted by Crippen LogP contribution is -2.40. The Hall–Kier alpha value is -1.35. The SMILES string of the molecule is Cc1ccc(C(N)C(=O)N(C)CC(C)(C)C)cc1. The molecule has 0 spiro atoms. The number of likely N-dealkylation sites (N-methyl/N-ethyl adjacent to an activating group) is 1. The smallest absolute Gasteiger partial charge is 0.243 e. The predicted octanol–water partition coefficient (Wildman–Crippen LogP) is 2.50. The van der Waals surface area contributed by atoms with Crippen molar-refractivity contribution in [3.8, 4) is 0 Å². The van der Waals surface area contributed by atoms with Crippen LogP contribution in [0.5, 0.6) is 0 Å². The Labute approximate surface area is 110 Å². The number of carbonyl (C=O) groups excluding carboxylic acids is 1. The fourth-order valence-electron chi connectivity index (χ4n) is 1.94. The molecule has 0 fully saturated rings. The largest absolute Gasteiger partial charge is 0.344 e. The Morgan fingerprint density at radius 1 is 1.28 bits per heavy atom. The van der Waals surface area contributed by atoms with E-state index in [2.05, 4.69) is 20.8 Å². The van der Waals surface area contributed by atoms with Gasteiger partial charge < -0.3 is 10.6 Å². The van der Waals surface area contributed by atoms with Crippen LogP contribution in [0.15, 0.2) is 24.3 Å². The van der Waals surface area contributed by atoms with E-state index >= 15 is 0 Å². The van der Waals surface area contributed by atoms with Crippen molar-refractivity contribution < 1.29 is 4.79 Å². The molecule has 0 heterocycles. The van der Waals surface area contributed by atoms with Crippen LogP contribution in [-0.4, -0.2) is 24.4 Å². The number of hydrogen-bond acceptors (Lipinski definition) is 2. The van der Waals surface area contributed by atoms with Crippen molar-refractivity contribution in [2.45, 2.75) is 33.7 Å². The first-order chi connectivity index (χ1) is 8.20. The number of amides is 1. The summed E-state index contributed by atoms with van der Waals surface area (Å²) < 4.78 is 0. The predicted molar refractivity (Wildman–Crippen MR) is 75.2 cm³/mol. The van der Waals surface area contributed by atoms with Gasteiger partial charge in [0.05, 0.1) is 0 Å². The zero-order chi connectivity index (χ0) is 13.9. The molecule has 0 saturated heterocycles. The molecule has 0 aliphatic carbocycles. The fourth-order valence-corrected chi connectivity index (χ4v) is 1.94. The first kappa shape index (κ1) is 14.7. The molecule has 1 atom stereocenters. The third kappa shape index (κ3) is 4.15. The Morgan fingerprint density at radius 2 is 1.78 bits per heavy atom. The summed E-state index contributed by atoms with van der Waals surface area (Å²) in [6.45, 7) is 9.03. The van der Waals surface area contributed by atoms with Gasteiger partial charge in [0.1, 0.15) is 6.04 Å². The van der Waals surface area contributed by atoms with Gasteiger partial charge in [0.2, 0.25) is 5.91 Å². The van der Waals surface area contributed by atoms with Crippen LogP contribution in [0.1, 0.15) is 37.9 Å². The lowest BCUT2D eigenvalue weighted by molar-refractivity contribution is -0.132. The van der Waals surface area contributed by atoms with Gasteiger partial charge in [-0.2, -0.15) is 0 Å². The average molecular weight is 248 g/mol. The van der Waals surface area contributed by atoms with E-state index in [9.17, 15) is 4.79 Å². The van der Waals surface area contributed by atoms with Crippen LogP contribution < -0.4 is 5.73 Å². The molecule has 0 saturated carbocycles. The molecule has 1 aromatic rings. The topological polar surface area (TPSA) is 46.3 Å². The van der Waals surface area contributed by atoms with Crippen LogP contribution >= 0.6 is 0 Å². The summed E-state index contributed by atoms with van der Waals surface area (Å²) in [4.78, 5) is 13.9. The molecule has 0 aromatic heterocycles. The van der Waals surface area contributed by atoms with E-state index in [1.54, 1.807) is 4.90 Å². The molecule has 0 aliphatic heterocycles. The van der Waals surface area contributed by atoms with Gasteiger partial charge in [-0.1, -0.05) is 50.6 Å². The second-order valence-electron chi connectivity index (χ2n) is 6.14. The molecule has 3 nitrogen and oxygen atoms in total. The Bertz CT molecular complexity index is 403. The molecule has 1 aromatic carbocycles. The van der Waals surface area contributed by atoms with Crippen LogP contribution in [0.25, 0.3) is 0 Å². The van der Waals surface area contributed by atoms with Gasteiger partial charge in [-0.25, -0.2) is 0 Å². The minimum Gasteiger partial charge on any atom is -0.344 e. The molecular formula is C15H24N2O. The summed E-state index contributed by atoms with van der Waals surface area (Å²) in [6, 6.07) is 7.22. The minimum absolute atomic E-state index is 0.0335. The highest BCUT2D eigenvalue weighted by molar-refractivity contribution is 5.82. The van der Waals surface area contributed by atoms with Gasteiger partial charge in [-0.05, 0) is 17.9 Å². The minimum atomic E-state index is -0.571. The first-order valence-corrected chi connectivity index (χ1v) is 6.28. The summed E-state index contributed by atoms with van der Waals surface area (Å²) in [5.74, 6) is -0.0335. The molecule has 1 amide bonds. The fraction of sp³-hybridized carbons (Fsp3) is 0.533. The second-order valence-corrected chi connectivity index (χ2v) is 6.14. The quantitative estimate of drug-likeness (QED) is 0.893. The van der Waals surface area contributed by atoms with Gasteiger partial charge in [0.15, 0.2) is 0 Å². The van der Waals surface area contributed by atoms with Gasteiger partial charge in [0.25, 0.3) is 0 Å². The lowest BCUT2D eigenvalue weighted by atomic mass is 9.95. The molecule has 1 rings (SSSR count). The highest BCUT2D eigenvalue weighted by Gasteiger charge is 2.23. The number of nitrogens with zero attached hydrogens (tertiary/aromatic N) is 1. The van der Waals surface area contributed by atoms with Crippen LogP contribution in [0.4, 0.5) is 0 Å². The summed E-state index contributed by atoms with van der Waals surface area (Å²) in [5.41, 5.74) is 8.13. The van der Waals surface area contributed by atoms with Crippen molar-refractivity contribution in [1.29, 1.82) is 0 Å². The summed E-state index contributed by atoms with van der Waals surface area (Å²) in [7, 11) is 1.81. The number of nitrogens with two attached hydrogens (primary N) is 1. The zero-order valence-electron chi connectivity index (χ0n) is 12.0. The van der Waals surface area contributed by atoms with E-state index in [0.717, 1.165) is 5.56 Å².